The number of thioether (sulfide) groups is 1. The third-order valence-corrected chi connectivity index (χ3v) is 7.39. The van der Waals surface area contributed by atoms with Gasteiger partial charge in [0.25, 0.3) is 5.91 Å². The molecule has 1 atom stereocenters. The van der Waals surface area contributed by atoms with E-state index in [2.05, 4.69) is 20.7 Å². The van der Waals surface area contributed by atoms with Crippen LogP contribution < -0.4 is 10.7 Å². The molecule has 1 fully saturated rings. The molecule has 1 unspecified atom stereocenters. The fraction of sp³-hybridized carbons (Fsp3) is 0.263. The summed E-state index contributed by atoms with van der Waals surface area (Å²) in [5.74, 6) is -0.928. The molecule has 8 nitrogen and oxygen atoms in total. The standard InChI is InChI=1S/C19H19N5O3S3/c1-3-19(2)16(26)24(18(27)22-19)23-13(25)10-30-17-20-14(11-6-4-8-28-11)15(21-17)12-7-5-9-29-12/h4-9H,3,10H2,1-2H3,(H,20,21)(H,22,27)(H,23,25). The number of nitrogens with zero attached hydrogens (tertiary/aromatic N) is 2. The summed E-state index contributed by atoms with van der Waals surface area (Å²) in [5, 5.41) is 7.93. The third kappa shape index (κ3) is 3.87. The molecule has 3 aromatic rings. The van der Waals surface area contributed by atoms with Crippen LogP contribution in [0.1, 0.15) is 20.3 Å². The summed E-state index contributed by atoms with van der Waals surface area (Å²) in [7, 11) is 0. The Labute approximate surface area is 185 Å². The van der Waals surface area contributed by atoms with Gasteiger partial charge in [0, 0.05) is 0 Å². The molecule has 11 heteroatoms. The van der Waals surface area contributed by atoms with Crippen LogP contribution >= 0.6 is 34.4 Å². The quantitative estimate of drug-likeness (QED) is 0.367. The highest BCUT2D eigenvalue weighted by atomic mass is 32.2. The number of thiophene rings is 2. The molecule has 1 saturated heterocycles. The lowest BCUT2D eigenvalue weighted by Gasteiger charge is -2.19. The number of hydrazine groups is 1. The predicted molar refractivity (Wildman–Crippen MR) is 118 cm³/mol. The van der Waals surface area contributed by atoms with Crippen molar-refractivity contribution in [2.45, 2.75) is 31.0 Å². The molecular weight excluding hydrogens is 442 g/mol. The van der Waals surface area contributed by atoms with Crippen LogP contribution in [-0.4, -0.2) is 44.1 Å². The van der Waals surface area contributed by atoms with Crippen molar-refractivity contribution in [3.8, 4) is 21.1 Å². The summed E-state index contributed by atoms with van der Waals surface area (Å²) in [6.07, 6.45) is 0.433. The molecule has 1 aliphatic heterocycles. The molecule has 0 aromatic carbocycles. The van der Waals surface area contributed by atoms with Crippen LogP contribution in [0.25, 0.3) is 21.1 Å². The Balaban J connectivity index is 1.45. The number of hydrogen-bond acceptors (Lipinski definition) is 7. The number of aromatic nitrogens is 2. The van der Waals surface area contributed by atoms with Crippen LogP contribution in [0, 0.1) is 0 Å². The van der Waals surface area contributed by atoms with Crippen molar-refractivity contribution in [1.82, 2.24) is 25.7 Å². The number of aromatic amines is 1. The highest BCUT2D eigenvalue weighted by Gasteiger charge is 2.47. The van der Waals surface area contributed by atoms with Crippen molar-refractivity contribution in [1.29, 1.82) is 0 Å². The SMILES string of the molecule is CCC1(C)NC(=O)N(NC(=O)CSc2nc(-c3cccs3)c(-c3cccs3)[nH]2)C1=O. The summed E-state index contributed by atoms with van der Waals surface area (Å²) in [6, 6.07) is 7.33. The molecule has 30 heavy (non-hydrogen) atoms. The van der Waals surface area contributed by atoms with Gasteiger partial charge in [0.15, 0.2) is 5.16 Å². The molecule has 0 spiro atoms. The van der Waals surface area contributed by atoms with Gasteiger partial charge in [-0.05, 0) is 36.2 Å². The highest BCUT2D eigenvalue weighted by molar-refractivity contribution is 7.99. The number of rotatable bonds is 7. The monoisotopic (exact) mass is 461 g/mol. The Morgan fingerprint density at radius 1 is 1.23 bits per heavy atom. The number of imidazole rings is 1. The van der Waals surface area contributed by atoms with E-state index in [4.69, 9.17) is 0 Å². The maximum Gasteiger partial charge on any atom is 0.344 e. The molecule has 0 aliphatic carbocycles. The van der Waals surface area contributed by atoms with Crippen LogP contribution in [-0.2, 0) is 9.59 Å². The maximum atomic E-state index is 12.4. The maximum absolute atomic E-state index is 12.4. The van der Waals surface area contributed by atoms with Gasteiger partial charge in [0.1, 0.15) is 11.2 Å². The van der Waals surface area contributed by atoms with E-state index < -0.39 is 23.4 Å². The Kier molecular flexibility index (Phi) is 5.67. The van der Waals surface area contributed by atoms with Gasteiger partial charge >= 0.3 is 6.03 Å². The highest BCUT2D eigenvalue weighted by Crippen LogP contribution is 2.36. The fourth-order valence-corrected chi connectivity index (χ4v) is 5.04. The zero-order valence-corrected chi connectivity index (χ0v) is 18.7. The second-order valence-corrected chi connectivity index (χ2v) is 9.66. The molecule has 156 valence electrons. The van der Waals surface area contributed by atoms with Crippen molar-refractivity contribution in [2.24, 2.45) is 0 Å². The van der Waals surface area contributed by atoms with Gasteiger partial charge in [0.05, 0.1) is 21.2 Å². The molecule has 4 heterocycles. The van der Waals surface area contributed by atoms with Crippen molar-refractivity contribution in [2.75, 3.05) is 5.75 Å². The van der Waals surface area contributed by atoms with E-state index in [1.54, 1.807) is 36.5 Å². The van der Waals surface area contributed by atoms with E-state index >= 15 is 0 Å². The number of hydrogen-bond donors (Lipinski definition) is 3. The second-order valence-electron chi connectivity index (χ2n) is 6.80. The fourth-order valence-electron chi connectivity index (χ4n) is 2.93. The first-order chi connectivity index (χ1) is 14.4. The predicted octanol–water partition coefficient (Wildman–Crippen LogP) is 3.71. The normalized spacial score (nSPS) is 18.7. The van der Waals surface area contributed by atoms with Crippen LogP contribution in [0.15, 0.2) is 40.2 Å². The van der Waals surface area contributed by atoms with Gasteiger partial charge in [-0.2, -0.15) is 5.01 Å². The van der Waals surface area contributed by atoms with E-state index in [0.29, 0.717) is 11.6 Å². The van der Waals surface area contributed by atoms with Crippen LogP contribution in [0.2, 0.25) is 0 Å². The van der Waals surface area contributed by atoms with Crippen molar-refractivity contribution in [3.05, 3.63) is 35.0 Å². The largest absolute Gasteiger partial charge is 0.344 e. The first-order valence-electron chi connectivity index (χ1n) is 9.18. The zero-order valence-electron chi connectivity index (χ0n) is 16.2. The Hall–Kier alpha value is -2.63. The third-order valence-electron chi connectivity index (χ3n) is 4.75. The minimum atomic E-state index is -0.996. The number of urea groups is 1. The van der Waals surface area contributed by atoms with Crippen molar-refractivity contribution < 1.29 is 14.4 Å². The molecule has 4 rings (SSSR count). The summed E-state index contributed by atoms with van der Waals surface area (Å²) in [5.41, 5.74) is 3.13. The number of imide groups is 1. The molecule has 1 aliphatic rings. The van der Waals surface area contributed by atoms with Gasteiger partial charge in [-0.1, -0.05) is 30.8 Å². The number of carbonyl (C=O) groups is 3. The van der Waals surface area contributed by atoms with Crippen LogP contribution in [0.5, 0.6) is 0 Å². The molecular formula is C19H19N5O3S3. The summed E-state index contributed by atoms with van der Waals surface area (Å²) < 4.78 is 0. The summed E-state index contributed by atoms with van der Waals surface area (Å²) in [6.45, 7) is 3.43. The van der Waals surface area contributed by atoms with E-state index in [-0.39, 0.29) is 5.75 Å². The topological polar surface area (TPSA) is 107 Å². The van der Waals surface area contributed by atoms with Gasteiger partial charge in [-0.15, -0.1) is 22.7 Å². The van der Waals surface area contributed by atoms with Gasteiger partial charge < -0.3 is 10.3 Å². The number of carbonyl (C=O) groups excluding carboxylic acids is 3. The van der Waals surface area contributed by atoms with Gasteiger partial charge in [-0.3, -0.25) is 15.0 Å². The minimum Gasteiger partial charge on any atom is -0.332 e. The molecule has 0 saturated carbocycles. The van der Waals surface area contributed by atoms with E-state index in [0.717, 1.165) is 26.2 Å². The lowest BCUT2D eigenvalue weighted by molar-refractivity contribution is -0.137. The van der Waals surface area contributed by atoms with Crippen LogP contribution in [0.4, 0.5) is 4.79 Å². The van der Waals surface area contributed by atoms with Crippen molar-refractivity contribution >= 4 is 52.3 Å². The Bertz CT molecular complexity index is 1030. The Morgan fingerprint density at radius 2 is 1.93 bits per heavy atom. The summed E-state index contributed by atoms with van der Waals surface area (Å²) in [4.78, 5) is 46.8. The minimum absolute atomic E-state index is 0.00116. The number of amides is 4. The van der Waals surface area contributed by atoms with Gasteiger partial charge in [-0.25, -0.2) is 9.78 Å². The number of nitrogens with one attached hydrogen (secondary N) is 3. The first kappa shape index (κ1) is 20.6. The van der Waals surface area contributed by atoms with Crippen LogP contribution in [0.3, 0.4) is 0 Å². The molecule has 3 N–H and O–H groups in total. The number of H-pyrrole nitrogens is 1. The molecule has 4 amide bonds. The average molecular weight is 462 g/mol. The smallest absolute Gasteiger partial charge is 0.332 e. The first-order valence-corrected chi connectivity index (χ1v) is 11.9. The zero-order chi connectivity index (χ0) is 21.3. The second kappa shape index (κ2) is 8.25. The lowest BCUT2D eigenvalue weighted by atomic mass is 10.00. The van der Waals surface area contributed by atoms with E-state index in [9.17, 15) is 14.4 Å². The van der Waals surface area contributed by atoms with E-state index in [1.807, 2.05) is 35.0 Å². The molecule has 0 bridgehead atoms. The van der Waals surface area contributed by atoms with Crippen molar-refractivity contribution in [3.63, 3.8) is 0 Å². The van der Waals surface area contributed by atoms with E-state index in [1.165, 1.54) is 11.8 Å². The Morgan fingerprint density at radius 3 is 2.53 bits per heavy atom. The molecule has 3 aromatic heterocycles. The van der Waals surface area contributed by atoms with Gasteiger partial charge in [0.2, 0.25) is 5.91 Å². The average Bonchev–Trinajstić information content (AvgIpc) is 3.51. The summed E-state index contributed by atoms with van der Waals surface area (Å²) >= 11 is 4.41. The molecule has 0 radical (unpaired) electrons. The lowest BCUT2D eigenvalue weighted by Crippen LogP contribution is -2.49.